The van der Waals surface area contributed by atoms with Gasteiger partial charge >= 0.3 is 0 Å². The van der Waals surface area contributed by atoms with E-state index in [1.165, 1.54) is 5.56 Å². The number of halogens is 2. The van der Waals surface area contributed by atoms with Crippen molar-refractivity contribution in [3.05, 3.63) is 34.3 Å². The molecule has 0 aliphatic heterocycles. The van der Waals surface area contributed by atoms with Crippen LogP contribution in [-0.2, 0) is 6.54 Å². The zero-order chi connectivity index (χ0) is 12.0. The van der Waals surface area contributed by atoms with E-state index in [1.807, 2.05) is 13.0 Å². The molecule has 0 radical (unpaired) electrons. The molecule has 0 heterocycles. The molecule has 0 spiro atoms. The van der Waals surface area contributed by atoms with E-state index in [9.17, 15) is 0 Å². The van der Waals surface area contributed by atoms with Gasteiger partial charge in [-0.3, -0.25) is 0 Å². The second-order valence-electron chi connectivity index (χ2n) is 4.06. The van der Waals surface area contributed by atoms with Crippen LogP contribution in [0.3, 0.4) is 0 Å². The highest BCUT2D eigenvalue weighted by Gasteiger charge is 2.06. The third kappa shape index (κ3) is 4.32. The van der Waals surface area contributed by atoms with E-state index < -0.39 is 0 Å². The maximum absolute atomic E-state index is 6.17. The highest BCUT2D eigenvalue weighted by Crippen LogP contribution is 2.17. The first-order valence-corrected chi connectivity index (χ1v) is 6.63. The predicted molar refractivity (Wildman–Crippen MR) is 72.4 cm³/mol. The van der Waals surface area contributed by atoms with Gasteiger partial charge in [0.2, 0.25) is 0 Å². The molecule has 0 bridgehead atoms. The fourth-order valence-electron chi connectivity index (χ4n) is 1.63. The Balaban J connectivity index is 2.53. The molecule has 1 atom stereocenters. The van der Waals surface area contributed by atoms with Crippen LogP contribution in [-0.4, -0.2) is 11.9 Å². The average Bonchev–Trinajstić information content (AvgIpc) is 2.26. The Hall–Kier alpha value is -0.240. The van der Waals surface area contributed by atoms with Crippen molar-refractivity contribution in [1.29, 1.82) is 0 Å². The Morgan fingerprint density at radius 3 is 2.69 bits per heavy atom. The fraction of sp³-hybridized carbons (Fsp3) is 0.538. The van der Waals surface area contributed by atoms with Crippen LogP contribution in [0.1, 0.15) is 30.9 Å². The van der Waals surface area contributed by atoms with Crippen LogP contribution in [0, 0.1) is 6.92 Å². The minimum Gasteiger partial charge on any atom is -0.310 e. The molecule has 1 aromatic carbocycles. The van der Waals surface area contributed by atoms with E-state index in [0.29, 0.717) is 11.9 Å². The molecule has 1 N–H and O–H groups in total. The first-order chi connectivity index (χ1) is 7.67. The molecule has 16 heavy (non-hydrogen) atoms. The van der Waals surface area contributed by atoms with Gasteiger partial charge in [-0.2, -0.15) is 0 Å². The summed E-state index contributed by atoms with van der Waals surface area (Å²) in [4.78, 5) is 0. The van der Waals surface area contributed by atoms with E-state index in [-0.39, 0.29) is 0 Å². The van der Waals surface area contributed by atoms with Gasteiger partial charge in [-0.1, -0.05) is 30.7 Å². The maximum atomic E-state index is 6.17. The normalized spacial score (nSPS) is 12.8. The highest BCUT2D eigenvalue weighted by atomic mass is 35.5. The lowest BCUT2D eigenvalue weighted by molar-refractivity contribution is 0.486. The molecule has 1 rings (SSSR count). The first kappa shape index (κ1) is 13.8. The average molecular weight is 260 g/mol. The summed E-state index contributed by atoms with van der Waals surface area (Å²) in [5, 5.41) is 4.32. The molecule has 0 saturated carbocycles. The van der Waals surface area contributed by atoms with Gasteiger partial charge in [-0.15, -0.1) is 11.6 Å². The van der Waals surface area contributed by atoms with Gasteiger partial charge < -0.3 is 5.32 Å². The third-order valence-electron chi connectivity index (χ3n) is 2.74. The molecule has 0 aliphatic carbocycles. The Bertz CT molecular complexity index is 326. The predicted octanol–water partition coefficient (Wildman–Crippen LogP) is 4.15. The van der Waals surface area contributed by atoms with Gasteiger partial charge in [0, 0.05) is 23.5 Å². The molecule has 1 aromatic rings. The number of hydrogen-bond acceptors (Lipinski definition) is 1. The second kappa shape index (κ2) is 7.16. The van der Waals surface area contributed by atoms with Crippen LogP contribution < -0.4 is 5.32 Å². The van der Waals surface area contributed by atoms with Crippen LogP contribution in [0.15, 0.2) is 18.2 Å². The standard InChI is InChI=1S/C13H19Cl2N/c1-3-12(6-7-14)16-9-11-5-4-10(2)8-13(11)15/h4-5,8,12,16H,3,6-7,9H2,1-2H3. The molecule has 1 unspecified atom stereocenters. The number of benzene rings is 1. The molecule has 3 heteroatoms. The van der Waals surface area contributed by atoms with Gasteiger partial charge in [0.1, 0.15) is 0 Å². The summed E-state index contributed by atoms with van der Waals surface area (Å²) in [6.45, 7) is 5.03. The van der Waals surface area contributed by atoms with Crippen LogP contribution in [0.5, 0.6) is 0 Å². The maximum Gasteiger partial charge on any atom is 0.0453 e. The number of aryl methyl sites for hydroxylation is 1. The van der Waals surface area contributed by atoms with E-state index >= 15 is 0 Å². The lowest BCUT2D eigenvalue weighted by Gasteiger charge is -2.16. The summed E-state index contributed by atoms with van der Waals surface area (Å²) in [7, 11) is 0. The van der Waals surface area contributed by atoms with Crippen LogP contribution >= 0.6 is 23.2 Å². The molecule has 90 valence electrons. The molecule has 0 aliphatic rings. The van der Waals surface area contributed by atoms with Crippen molar-refractivity contribution in [2.24, 2.45) is 0 Å². The Kier molecular flexibility index (Phi) is 6.18. The lowest BCUT2D eigenvalue weighted by atomic mass is 10.1. The van der Waals surface area contributed by atoms with Crippen molar-refractivity contribution >= 4 is 23.2 Å². The molecule has 0 aromatic heterocycles. The van der Waals surface area contributed by atoms with Gasteiger partial charge in [0.15, 0.2) is 0 Å². The van der Waals surface area contributed by atoms with Crippen molar-refractivity contribution in [3.8, 4) is 0 Å². The molecule has 0 saturated heterocycles. The fourth-order valence-corrected chi connectivity index (χ4v) is 2.20. The summed E-state index contributed by atoms with van der Waals surface area (Å²) in [6, 6.07) is 6.65. The Morgan fingerprint density at radius 2 is 2.12 bits per heavy atom. The summed E-state index contributed by atoms with van der Waals surface area (Å²) in [5.41, 5.74) is 2.35. The summed E-state index contributed by atoms with van der Waals surface area (Å²) >= 11 is 11.9. The molecular weight excluding hydrogens is 241 g/mol. The second-order valence-corrected chi connectivity index (χ2v) is 4.84. The molecule has 0 amide bonds. The van der Waals surface area contributed by atoms with E-state index in [1.54, 1.807) is 0 Å². The van der Waals surface area contributed by atoms with Crippen molar-refractivity contribution in [2.45, 2.75) is 39.3 Å². The van der Waals surface area contributed by atoms with Crippen molar-refractivity contribution in [3.63, 3.8) is 0 Å². The highest BCUT2D eigenvalue weighted by molar-refractivity contribution is 6.31. The topological polar surface area (TPSA) is 12.0 Å². The zero-order valence-corrected chi connectivity index (χ0v) is 11.4. The number of hydrogen-bond donors (Lipinski definition) is 1. The SMILES string of the molecule is CCC(CCCl)NCc1ccc(C)cc1Cl. The largest absolute Gasteiger partial charge is 0.310 e. The van der Waals surface area contributed by atoms with E-state index in [0.717, 1.165) is 30.0 Å². The van der Waals surface area contributed by atoms with Gasteiger partial charge in [-0.25, -0.2) is 0 Å². The summed E-state index contributed by atoms with van der Waals surface area (Å²) < 4.78 is 0. The Morgan fingerprint density at radius 1 is 1.38 bits per heavy atom. The number of nitrogens with one attached hydrogen (secondary N) is 1. The van der Waals surface area contributed by atoms with Crippen molar-refractivity contribution < 1.29 is 0 Å². The molecular formula is C13H19Cl2N. The smallest absolute Gasteiger partial charge is 0.0453 e. The first-order valence-electron chi connectivity index (χ1n) is 5.71. The van der Waals surface area contributed by atoms with Gasteiger partial charge in [0.05, 0.1) is 0 Å². The zero-order valence-electron chi connectivity index (χ0n) is 9.89. The Labute approximate surface area is 108 Å². The quantitative estimate of drug-likeness (QED) is 0.758. The lowest BCUT2D eigenvalue weighted by Crippen LogP contribution is -2.28. The van der Waals surface area contributed by atoms with Crippen LogP contribution in [0.25, 0.3) is 0 Å². The monoisotopic (exact) mass is 259 g/mol. The van der Waals surface area contributed by atoms with E-state index in [4.69, 9.17) is 23.2 Å². The molecule has 0 fully saturated rings. The molecule has 1 nitrogen and oxygen atoms in total. The van der Waals surface area contributed by atoms with E-state index in [2.05, 4.69) is 24.4 Å². The number of alkyl halides is 1. The van der Waals surface area contributed by atoms with Crippen LogP contribution in [0.2, 0.25) is 5.02 Å². The van der Waals surface area contributed by atoms with Crippen LogP contribution in [0.4, 0.5) is 0 Å². The van der Waals surface area contributed by atoms with Gasteiger partial charge in [-0.05, 0) is 37.0 Å². The van der Waals surface area contributed by atoms with Crippen molar-refractivity contribution in [2.75, 3.05) is 5.88 Å². The minimum atomic E-state index is 0.481. The number of rotatable bonds is 6. The van der Waals surface area contributed by atoms with Crippen molar-refractivity contribution in [1.82, 2.24) is 5.32 Å². The van der Waals surface area contributed by atoms with Gasteiger partial charge in [0.25, 0.3) is 0 Å². The summed E-state index contributed by atoms with van der Waals surface area (Å²) in [5.74, 6) is 0.702. The summed E-state index contributed by atoms with van der Waals surface area (Å²) in [6.07, 6.45) is 2.09. The third-order valence-corrected chi connectivity index (χ3v) is 3.31. The minimum absolute atomic E-state index is 0.481.